The molecule has 0 fully saturated rings. The Labute approximate surface area is 96.2 Å². The van der Waals surface area contributed by atoms with Gasteiger partial charge in [-0.1, -0.05) is 0 Å². The lowest BCUT2D eigenvalue weighted by Gasteiger charge is -2.26. The lowest BCUT2D eigenvalue weighted by atomic mass is 10.1. The number of rotatable bonds is 4. The molecule has 0 spiro atoms. The first-order valence-electron chi connectivity index (χ1n) is 4.82. The molecule has 0 amide bonds. The van der Waals surface area contributed by atoms with E-state index in [2.05, 4.69) is 0 Å². The van der Waals surface area contributed by atoms with Crippen molar-refractivity contribution in [3.63, 3.8) is 0 Å². The van der Waals surface area contributed by atoms with Crippen molar-refractivity contribution < 1.29 is 17.9 Å². The van der Waals surface area contributed by atoms with Crippen LogP contribution in [0.5, 0.6) is 0 Å². The maximum atomic E-state index is 12.4. The van der Waals surface area contributed by atoms with Crippen molar-refractivity contribution in [3.8, 4) is 0 Å². The first-order chi connectivity index (χ1) is 7.32. The highest BCUT2D eigenvalue weighted by molar-refractivity contribution is 7.07. The van der Waals surface area contributed by atoms with E-state index < -0.39 is 24.4 Å². The van der Waals surface area contributed by atoms with Gasteiger partial charge >= 0.3 is 6.18 Å². The molecule has 0 aromatic carbocycles. The predicted molar refractivity (Wildman–Crippen MR) is 57.3 cm³/mol. The summed E-state index contributed by atoms with van der Waals surface area (Å²) >= 11 is 1.40. The lowest BCUT2D eigenvalue weighted by Crippen LogP contribution is -2.35. The van der Waals surface area contributed by atoms with Crippen LogP contribution in [-0.2, 0) is 4.74 Å². The quantitative estimate of drug-likeness (QED) is 0.894. The Morgan fingerprint density at radius 3 is 2.38 bits per heavy atom. The highest BCUT2D eigenvalue weighted by atomic mass is 32.1. The summed E-state index contributed by atoms with van der Waals surface area (Å²) in [6, 6.07) is 1.24. The van der Waals surface area contributed by atoms with Crippen LogP contribution in [0.1, 0.15) is 25.5 Å². The maximum absolute atomic E-state index is 12.4. The van der Waals surface area contributed by atoms with E-state index >= 15 is 0 Å². The fourth-order valence-electron chi connectivity index (χ4n) is 1.24. The molecular weight excluding hydrogens is 239 g/mol. The Balaban J connectivity index is 2.74. The molecule has 2 nitrogen and oxygen atoms in total. The first-order valence-corrected chi connectivity index (χ1v) is 5.76. The summed E-state index contributed by atoms with van der Waals surface area (Å²) in [7, 11) is 0. The minimum absolute atomic E-state index is 0.487. The van der Waals surface area contributed by atoms with E-state index in [1.807, 2.05) is 0 Å². The average molecular weight is 253 g/mol. The summed E-state index contributed by atoms with van der Waals surface area (Å²) in [5, 5.41) is 3.53. The minimum atomic E-state index is -4.36. The molecule has 1 heterocycles. The molecule has 16 heavy (non-hydrogen) atoms. The van der Waals surface area contributed by atoms with E-state index in [4.69, 9.17) is 10.5 Å². The van der Waals surface area contributed by atoms with Crippen LogP contribution in [0.3, 0.4) is 0 Å². The number of ether oxygens (including phenoxy) is 1. The minimum Gasteiger partial charge on any atom is -0.360 e. The Morgan fingerprint density at radius 2 is 2.00 bits per heavy atom. The first kappa shape index (κ1) is 13.5. The average Bonchev–Trinajstić information content (AvgIpc) is 2.63. The van der Waals surface area contributed by atoms with Crippen LogP contribution in [0.15, 0.2) is 16.8 Å². The van der Waals surface area contributed by atoms with Gasteiger partial charge in [0.2, 0.25) is 0 Å². The van der Waals surface area contributed by atoms with Gasteiger partial charge < -0.3 is 10.5 Å². The fourth-order valence-corrected chi connectivity index (χ4v) is 1.92. The molecule has 0 saturated carbocycles. The largest absolute Gasteiger partial charge is 0.414 e. The second-order valence-electron chi connectivity index (χ2n) is 3.66. The standard InChI is InChI=1S/C10H14F3NOS/c1-6(14)9(8-3-4-16-5-8)15-7(2)10(11,12)13/h3-7,9H,14H2,1-2H3. The van der Waals surface area contributed by atoms with Crippen molar-refractivity contribution in [1.82, 2.24) is 0 Å². The molecule has 1 rings (SSSR count). The molecular formula is C10H14F3NOS. The molecule has 0 aliphatic carbocycles. The fraction of sp³-hybridized carbons (Fsp3) is 0.600. The zero-order valence-corrected chi connectivity index (χ0v) is 9.81. The summed E-state index contributed by atoms with van der Waals surface area (Å²) in [6.45, 7) is 2.62. The lowest BCUT2D eigenvalue weighted by molar-refractivity contribution is -0.229. The van der Waals surface area contributed by atoms with Gasteiger partial charge in [-0.3, -0.25) is 0 Å². The van der Waals surface area contributed by atoms with Gasteiger partial charge in [0, 0.05) is 6.04 Å². The van der Waals surface area contributed by atoms with Crippen molar-refractivity contribution in [2.24, 2.45) is 5.73 Å². The van der Waals surface area contributed by atoms with Crippen molar-refractivity contribution in [1.29, 1.82) is 0 Å². The Bertz CT molecular complexity index is 310. The molecule has 92 valence electrons. The smallest absolute Gasteiger partial charge is 0.360 e. The van der Waals surface area contributed by atoms with Gasteiger partial charge in [-0.15, -0.1) is 0 Å². The van der Waals surface area contributed by atoms with Crippen LogP contribution in [0, 0.1) is 0 Å². The second-order valence-corrected chi connectivity index (χ2v) is 4.44. The SMILES string of the molecule is CC(N)C(OC(C)C(F)(F)F)c1ccsc1. The van der Waals surface area contributed by atoms with Gasteiger partial charge in [0.15, 0.2) is 6.10 Å². The summed E-state index contributed by atoms with van der Waals surface area (Å²) < 4.78 is 42.0. The highest BCUT2D eigenvalue weighted by Crippen LogP contribution is 2.30. The molecule has 1 aromatic heterocycles. The van der Waals surface area contributed by atoms with Crippen molar-refractivity contribution in [2.75, 3.05) is 0 Å². The number of alkyl halides is 3. The summed E-state index contributed by atoms with van der Waals surface area (Å²) in [5.41, 5.74) is 6.32. The van der Waals surface area contributed by atoms with Crippen molar-refractivity contribution in [2.45, 2.75) is 38.3 Å². The Morgan fingerprint density at radius 1 is 1.38 bits per heavy atom. The number of hydrogen-bond donors (Lipinski definition) is 1. The molecule has 0 aliphatic heterocycles. The Hall–Kier alpha value is -0.590. The topological polar surface area (TPSA) is 35.2 Å². The highest BCUT2D eigenvalue weighted by Gasteiger charge is 2.39. The van der Waals surface area contributed by atoms with Crippen molar-refractivity contribution >= 4 is 11.3 Å². The molecule has 0 bridgehead atoms. The molecule has 6 heteroatoms. The van der Waals surface area contributed by atoms with E-state index in [1.165, 1.54) is 11.3 Å². The molecule has 0 radical (unpaired) electrons. The third-order valence-electron chi connectivity index (χ3n) is 2.16. The van der Waals surface area contributed by atoms with Gasteiger partial charge in [0.25, 0.3) is 0 Å². The zero-order valence-electron chi connectivity index (χ0n) is 8.99. The number of hydrogen-bond acceptors (Lipinski definition) is 3. The van der Waals surface area contributed by atoms with Crippen LogP contribution in [0.25, 0.3) is 0 Å². The van der Waals surface area contributed by atoms with E-state index in [1.54, 1.807) is 23.8 Å². The third kappa shape index (κ3) is 3.47. The maximum Gasteiger partial charge on any atom is 0.414 e. The normalized spacial score (nSPS) is 18.1. The van der Waals surface area contributed by atoms with Crippen LogP contribution in [0.4, 0.5) is 13.2 Å². The molecule has 3 unspecified atom stereocenters. The second kappa shape index (κ2) is 5.16. The molecule has 1 aromatic rings. The molecule has 0 aliphatic rings. The van der Waals surface area contributed by atoms with Crippen LogP contribution < -0.4 is 5.73 Å². The number of halogens is 3. The number of nitrogens with two attached hydrogens (primary N) is 1. The number of thiophene rings is 1. The van der Waals surface area contributed by atoms with E-state index in [9.17, 15) is 13.2 Å². The van der Waals surface area contributed by atoms with Gasteiger partial charge in [-0.05, 0) is 36.2 Å². The molecule has 2 N–H and O–H groups in total. The van der Waals surface area contributed by atoms with Crippen LogP contribution in [0.2, 0.25) is 0 Å². The van der Waals surface area contributed by atoms with Gasteiger partial charge in [-0.25, -0.2) is 0 Å². The third-order valence-corrected chi connectivity index (χ3v) is 2.86. The van der Waals surface area contributed by atoms with E-state index in [0.29, 0.717) is 5.56 Å². The van der Waals surface area contributed by atoms with Gasteiger partial charge in [0.05, 0.1) is 6.10 Å². The van der Waals surface area contributed by atoms with E-state index in [0.717, 1.165) is 6.92 Å². The van der Waals surface area contributed by atoms with Gasteiger partial charge in [0.1, 0.15) is 0 Å². The van der Waals surface area contributed by atoms with Gasteiger partial charge in [-0.2, -0.15) is 24.5 Å². The molecule has 0 saturated heterocycles. The summed E-state index contributed by atoms with van der Waals surface area (Å²) in [6.07, 6.45) is -6.89. The van der Waals surface area contributed by atoms with Crippen LogP contribution in [-0.4, -0.2) is 18.3 Å². The zero-order chi connectivity index (χ0) is 12.3. The summed E-state index contributed by atoms with van der Waals surface area (Å²) in [4.78, 5) is 0. The Kier molecular flexibility index (Phi) is 4.35. The predicted octanol–water partition coefficient (Wildman–Crippen LogP) is 3.10. The van der Waals surface area contributed by atoms with Crippen LogP contribution >= 0.6 is 11.3 Å². The monoisotopic (exact) mass is 253 g/mol. The van der Waals surface area contributed by atoms with Crippen molar-refractivity contribution in [3.05, 3.63) is 22.4 Å². The van der Waals surface area contributed by atoms with E-state index in [-0.39, 0.29) is 0 Å². The summed E-state index contributed by atoms with van der Waals surface area (Å²) in [5.74, 6) is 0. The molecule has 3 atom stereocenters.